The number of benzene rings is 1. The SMILES string of the molecule is CCOC(=O)c1ccnc(NC(=O)c2ccn3cc(-c4ccccc4)nc3c2)c1. The van der Waals surface area contributed by atoms with Crippen molar-refractivity contribution in [3.63, 3.8) is 0 Å². The van der Waals surface area contributed by atoms with Crippen LogP contribution in [0.4, 0.5) is 5.82 Å². The highest BCUT2D eigenvalue weighted by molar-refractivity contribution is 6.04. The Hall–Kier alpha value is -4.00. The molecule has 3 heterocycles. The molecular weight excluding hydrogens is 368 g/mol. The third-order valence-electron chi connectivity index (χ3n) is 4.30. The van der Waals surface area contributed by atoms with Crippen LogP contribution in [0.2, 0.25) is 0 Å². The molecule has 0 atom stereocenters. The van der Waals surface area contributed by atoms with Crippen LogP contribution in [0.15, 0.2) is 73.2 Å². The highest BCUT2D eigenvalue weighted by Crippen LogP contribution is 2.19. The molecule has 4 rings (SSSR count). The molecule has 0 saturated heterocycles. The molecule has 0 unspecified atom stereocenters. The molecule has 29 heavy (non-hydrogen) atoms. The summed E-state index contributed by atoms with van der Waals surface area (Å²) in [5, 5.41) is 2.70. The standard InChI is InChI=1S/C22H18N4O3/c1-2-29-22(28)17-8-10-23-19(12-17)25-21(27)16-9-11-26-14-18(24-20(26)13-16)15-6-4-3-5-7-15/h3-14H,2H2,1H3,(H,23,25,27). The van der Waals surface area contributed by atoms with Crippen LogP contribution in [0.3, 0.4) is 0 Å². The molecule has 0 radical (unpaired) electrons. The summed E-state index contributed by atoms with van der Waals surface area (Å²) in [5.41, 5.74) is 3.25. The zero-order valence-electron chi connectivity index (χ0n) is 15.7. The first-order valence-electron chi connectivity index (χ1n) is 9.13. The van der Waals surface area contributed by atoms with Crippen LogP contribution < -0.4 is 5.32 Å². The van der Waals surface area contributed by atoms with E-state index in [-0.39, 0.29) is 18.3 Å². The number of nitrogens with one attached hydrogen (secondary N) is 1. The van der Waals surface area contributed by atoms with Gasteiger partial charge in [-0.25, -0.2) is 14.8 Å². The molecule has 0 aliphatic heterocycles. The second kappa shape index (κ2) is 7.93. The van der Waals surface area contributed by atoms with Gasteiger partial charge in [-0.1, -0.05) is 30.3 Å². The number of ether oxygens (including phenoxy) is 1. The molecule has 0 fully saturated rings. The zero-order valence-corrected chi connectivity index (χ0v) is 15.7. The van der Waals surface area contributed by atoms with E-state index in [0.717, 1.165) is 11.3 Å². The molecule has 1 aromatic carbocycles. The Kier molecular flexibility index (Phi) is 5.03. The predicted molar refractivity (Wildman–Crippen MR) is 109 cm³/mol. The molecule has 1 N–H and O–H groups in total. The number of amides is 1. The van der Waals surface area contributed by atoms with E-state index < -0.39 is 5.97 Å². The van der Waals surface area contributed by atoms with Crippen molar-refractivity contribution in [2.75, 3.05) is 11.9 Å². The van der Waals surface area contributed by atoms with Gasteiger partial charge in [-0.3, -0.25) is 4.79 Å². The molecule has 3 aromatic heterocycles. The van der Waals surface area contributed by atoms with Crippen molar-refractivity contribution < 1.29 is 14.3 Å². The maximum atomic E-state index is 12.6. The Labute approximate surface area is 167 Å². The zero-order chi connectivity index (χ0) is 20.2. The topological polar surface area (TPSA) is 85.6 Å². The van der Waals surface area contributed by atoms with E-state index in [1.807, 2.05) is 40.9 Å². The molecule has 1 amide bonds. The summed E-state index contributed by atoms with van der Waals surface area (Å²) in [6.07, 6.45) is 5.15. The van der Waals surface area contributed by atoms with Gasteiger partial charge < -0.3 is 14.5 Å². The number of carbonyl (C=O) groups is 2. The van der Waals surface area contributed by atoms with E-state index in [0.29, 0.717) is 16.8 Å². The molecule has 144 valence electrons. The van der Waals surface area contributed by atoms with Gasteiger partial charge in [-0.2, -0.15) is 0 Å². The summed E-state index contributed by atoms with van der Waals surface area (Å²) in [6, 6.07) is 16.3. The average Bonchev–Trinajstić information content (AvgIpc) is 3.18. The van der Waals surface area contributed by atoms with Gasteiger partial charge in [0.15, 0.2) is 0 Å². The number of carbonyl (C=O) groups excluding carboxylic acids is 2. The van der Waals surface area contributed by atoms with Crippen molar-refractivity contribution >= 4 is 23.3 Å². The Morgan fingerprint density at radius 2 is 1.90 bits per heavy atom. The summed E-state index contributed by atoms with van der Waals surface area (Å²) in [7, 11) is 0. The van der Waals surface area contributed by atoms with Crippen molar-refractivity contribution in [3.05, 3.63) is 84.3 Å². The van der Waals surface area contributed by atoms with Crippen molar-refractivity contribution in [2.24, 2.45) is 0 Å². The van der Waals surface area contributed by atoms with Crippen LogP contribution >= 0.6 is 0 Å². The lowest BCUT2D eigenvalue weighted by molar-refractivity contribution is 0.0526. The number of aromatic nitrogens is 3. The molecule has 0 bridgehead atoms. The Morgan fingerprint density at radius 1 is 1.07 bits per heavy atom. The van der Waals surface area contributed by atoms with Crippen molar-refractivity contribution in [2.45, 2.75) is 6.92 Å². The summed E-state index contributed by atoms with van der Waals surface area (Å²) >= 11 is 0. The minimum absolute atomic E-state index is 0.272. The van der Waals surface area contributed by atoms with Crippen molar-refractivity contribution in [1.82, 2.24) is 14.4 Å². The van der Waals surface area contributed by atoms with Crippen molar-refractivity contribution in [1.29, 1.82) is 0 Å². The number of hydrogen-bond acceptors (Lipinski definition) is 5. The fraction of sp³-hybridized carbons (Fsp3) is 0.0909. The molecule has 7 nitrogen and oxygen atoms in total. The summed E-state index contributed by atoms with van der Waals surface area (Å²) in [6.45, 7) is 2.01. The Morgan fingerprint density at radius 3 is 2.69 bits per heavy atom. The smallest absolute Gasteiger partial charge is 0.338 e. The van der Waals surface area contributed by atoms with Crippen LogP contribution in [0, 0.1) is 0 Å². The third kappa shape index (κ3) is 3.98. The van der Waals surface area contributed by atoms with Crippen LogP contribution in [-0.2, 0) is 4.74 Å². The molecule has 7 heteroatoms. The Bertz CT molecular complexity index is 1190. The van der Waals surface area contributed by atoms with E-state index in [1.54, 1.807) is 25.3 Å². The third-order valence-corrected chi connectivity index (χ3v) is 4.30. The van der Waals surface area contributed by atoms with Gasteiger partial charge >= 0.3 is 5.97 Å². The maximum Gasteiger partial charge on any atom is 0.338 e. The molecule has 0 aliphatic rings. The highest BCUT2D eigenvalue weighted by Gasteiger charge is 2.12. The van der Waals surface area contributed by atoms with E-state index in [2.05, 4.69) is 15.3 Å². The maximum absolute atomic E-state index is 12.6. The minimum atomic E-state index is -0.461. The van der Waals surface area contributed by atoms with Crippen molar-refractivity contribution in [3.8, 4) is 11.3 Å². The second-order valence-corrected chi connectivity index (χ2v) is 6.28. The van der Waals surface area contributed by atoms with Crippen LogP contribution in [-0.4, -0.2) is 32.9 Å². The van der Waals surface area contributed by atoms with Gasteiger partial charge in [0, 0.05) is 29.7 Å². The number of hydrogen-bond donors (Lipinski definition) is 1. The largest absolute Gasteiger partial charge is 0.462 e. The fourth-order valence-corrected chi connectivity index (χ4v) is 2.90. The van der Waals surface area contributed by atoms with Gasteiger partial charge in [0.05, 0.1) is 17.9 Å². The first kappa shape index (κ1) is 18.4. The predicted octanol–water partition coefficient (Wildman–Crippen LogP) is 3.83. The quantitative estimate of drug-likeness (QED) is 0.527. The van der Waals surface area contributed by atoms with Gasteiger partial charge in [0.2, 0.25) is 0 Å². The van der Waals surface area contributed by atoms with Gasteiger partial charge in [0.25, 0.3) is 5.91 Å². The van der Waals surface area contributed by atoms with Crippen LogP contribution in [0.5, 0.6) is 0 Å². The summed E-state index contributed by atoms with van der Waals surface area (Å²) in [5.74, 6) is -0.531. The number of pyridine rings is 2. The lowest BCUT2D eigenvalue weighted by atomic mass is 10.2. The second-order valence-electron chi connectivity index (χ2n) is 6.28. The summed E-state index contributed by atoms with van der Waals surface area (Å²) < 4.78 is 6.83. The van der Waals surface area contributed by atoms with E-state index in [1.165, 1.54) is 18.3 Å². The normalized spacial score (nSPS) is 10.7. The van der Waals surface area contributed by atoms with Gasteiger partial charge in [0.1, 0.15) is 11.5 Å². The van der Waals surface area contributed by atoms with Crippen LogP contribution in [0.25, 0.3) is 16.9 Å². The number of fused-ring (bicyclic) bond motifs is 1. The number of rotatable bonds is 5. The number of imidazole rings is 1. The van der Waals surface area contributed by atoms with E-state index in [9.17, 15) is 9.59 Å². The Balaban J connectivity index is 1.56. The first-order valence-corrected chi connectivity index (χ1v) is 9.13. The van der Waals surface area contributed by atoms with E-state index >= 15 is 0 Å². The highest BCUT2D eigenvalue weighted by atomic mass is 16.5. The number of anilines is 1. The molecule has 0 aliphatic carbocycles. The lowest BCUT2D eigenvalue weighted by Gasteiger charge is -2.06. The molecule has 0 spiro atoms. The van der Waals surface area contributed by atoms with Gasteiger partial charge in [-0.15, -0.1) is 0 Å². The van der Waals surface area contributed by atoms with E-state index in [4.69, 9.17) is 4.74 Å². The fourth-order valence-electron chi connectivity index (χ4n) is 2.90. The molecule has 0 saturated carbocycles. The lowest BCUT2D eigenvalue weighted by Crippen LogP contribution is -2.14. The van der Waals surface area contributed by atoms with Gasteiger partial charge in [-0.05, 0) is 31.2 Å². The van der Waals surface area contributed by atoms with Crippen LogP contribution in [0.1, 0.15) is 27.6 Å². The minimum Gasteiger partial charge on any atom is -0.462 e. The monoisotopic (exact) mass is 386 g/mol. The molecular formula is C22H18N4O3. The average molecular weight is 386 g/mol. The molecule has 4 aromatic rings. The first-order chi connectivity index (χ1) is 14.1. The summed E-state index contributed by atoms with van der Waals surface area (Å²) in [4.78, 5) is 33.2. The number of nitrogens with zero attached hydrogens (tertiary/aromatic N) is 3. The number of esters is 1.